The Labute approximate surface area is 465 Å². The number of carboxylic acids is 1. The van der Waals surface area contributed by atoms with E-state index >= 15 is 0 Å². The SMILES string of the molecule is CC/C=C\C/C=C\C/C=C\C/C=C\CCC(=O)OC(COC(=O)CCCCCCC/C=C\C/C=C\C/C=C\CC)COC1OC(C(=O)O)C(O)C(O)C1OC(=O)CCCCCCCC/C=C\C/C=C\C/C=C\CCCCC. The van der Waals surface area contributed by atoms with Gasteiger partial charge in [0, 0.05) is 19.3 Å². The van der Waals surface area contributed by atoms with Crippen molar-refractivity contribution in [2.45, 2.75) is 250 Å². The number of aliphatic carboxylic acids is 1. The van der Waals surface area contributed by atoms with E-state index in [0.717, 1.165) is 128 Å². The molecule has 77 heavy (non-hydrogen) atoms. The number of carbonyl (C=O) groups is 4. The molecule has 1 saturated heterocycles. The van der Waals surface area contributed by atoms with Crippen LogP contribution in [0.15, 0.2) is 122 Å². The van der Waals surface area contributed by atoms with Gasteiger partial charge in [-0.2, -0.15) is 0 Å². The summed E-state index contributed by atoms with van der Waals surface area (Å²) in [5.41, 5.74) is 0. The molecule has 0 saturated carbocycles. The fourth-order valence-corrected chi connectivity index (χ4v) is 8.05. The molecule has 0 amide bonds. The zero-order chi connectivity index (χ0) is 56.1. The largest absolute Gasteiger partial charge is 0.479 e. The summed E-state index contributed by atoms with van der Waals surface area (Å²) in [7, 11) is 0. The smallest absolute Gasteiger partial charge is 0.335 e. The molecule has 1 aliphatic rings. The molecule has 6 atom stereocenters. The molecule has 1 fully saturated rings. The highest BCUT2D eigenvalue weighted by Gasteiger charge is 2.50. The number of aliphatic hydroxyl groups is 2. The molecule has 1 aliphatic heterocycles. The van der Waals surface area contributed by atoms with Gasteiger partial charge in [0.1, 0.15) is 18.8 Å². The summed E-state index contributed by atoms with van der Waals surface area (Å²) in [6.07, 6.45) is 59.0. The van der Waals surface area contributed by atoms with E-state index < -0.39 is 67.3 Å². The van der Waals surface area contributed by atoms with E-state index in [2.05, 4.69) is 130 Å². The molecule has 434 valence electrons. The first-order valence-electron chi connectivity index (χ1n) is 29.5. The van der Waals surface area contributed by atoms with Gasteiger partial charge in [0.15, 0.2) is 24.6 Å². The summed E-state index contributed by atoms with van der Waals surface area (Å²) in [6, 6.07) is 0. The van der Waals surface area contributed by atoms with Gasteiger partial charge in [-0.3, -0.25) is 14.4 Å². The first-order chi connectivity index (χ1) is 37.6. The van der Waals surface area contributed by atoms with Gasteiger partial charge in [-0.1, -0.05) is 200 Å². The van der Waals surface area contributed by atoms with Crippen molar-refractivity contribution in [3.05, 3.63) is 122 Å². The van der Waals surface area contributed by atoms with Gasteiger partial charge in [-0.15, -0.1) is 0 Å². The number of ether oxygens (including phenoxy) is 5. The second-order valence-electron chi connectivity index (χ2n) is 19.5. The van der Waals surface area contributed by atoms with Crippen LogP contribution >= 0.6 is 0 Å². The lowest BCUT2D eigenvalue weighted by Crippen LogP contribution is -2.61. The van der Waals surface area contributed by atoms with Gasteiger partial charge < -0.3 is 39.0 Å². The predicted octanol–water partition coefficient (Wildman–Crippen LogP) is 15.2. The van der Waals surface area contributed by atoms with Crippen LogP contribution in [0.5, 0.6) is 0 Å². The fraction of sp³-hybridized carbons (Fsp3) is 0.631. The molecule has 1 rings (SSSR count). The first kappa shape index (κ1) is 70.1. The molecule has 6 unspecified atom stereocenters. The normalized spacial score (nSPS) is 18.9. The van der Waals surface area contributed by atoms with E-state index in [1.807, 2.05) is 12.2 Å². The van der Waals surface area contributed by atoms with Crippen molar-refractivity contribution in [1.82, 2.24) is 0 Å². The highest BCUT2D eigenvalue weighted by molar-refractivity contribution is 5.74. The van der Waals surface area contributed by atoms with E-state index in [1.165, 1.54) is 19.3 Å². The monoisotopic (exact) mass is 1070 g/mol. The molecule has 0 radical (unpaired) electrons. The molecule has 1 heterocycles. The highest BCUT2D eigenvalue weighted by Crippen LogP contribution is 2.26. The number of carboxylic acid groups (broad SMARTS) is 1. The minimum atomic E-state index is -1.93. The molecule has 0 aromatic heterocycles. The van der Waals surface area contributed by atoms with Gasteiger partial charge in [-0.25, -0.2) is 4.79 Å². The highest BCUT2D eigenvalue weighted by atomic mass is 16.7. The van der Waals surface area contributed by atoms with Crippen LogP contribution in [0.25, 0.3) is 0 Å². The molecule has 0 aliphatic carbocycles. The summed E-state index contributed by atoms with van der Waals surface area (Å²) in [5, 5.41) is 31.5. The number of allylic oxidation sites excluding steroid dienone is 20. The fourth-order valence-electron chi connectivity index (χ4n) is 8.05. The summed E-state index contributed by atoms with van der Waals surface area (Å²) < 4.78 is 28.3. The number of carbonyl (C=O) groups excluding carboxylic acids is 3. The lowest BCUT2D eigenvalue weighted by atomic mass is 9.98. The van der Waals surface area contributed by atoms with E-state index in [-0.39, 0.29) is 25.9 Å². The second kappa shape index (κ2) is 51.9. The van der Waals surface area contributed by atoms with Crippen LogP contribution in [0.2, 0.25) is 0 Å². The Hall–Kier alpha value is -4.88. The third kappa shape index (κ3) is 41.8. The van der Waals surface area contributed by atoms with Crippen LogP contribution in [0.1, 0.15) is 213 Å². The first-order valence-corrected chi connectivity index (χ1v) is 29.5. The minimum Gasteiger partial charge on any atom is -0.479 e. The molecule has 0 bridgehead atoms. The Bertz CT molecular complexity index is 1800. The maximum Gasteiger partial charge on any atom is 0.335 e. The second-order valence-corrected chi connectivity index (χ2v) is 19.5. The van der Waals surface area contributed by atoms with Gasteiger partial charge in [0.25, 0.3) is 0 Å². The van der Waals surface area contributed by atoms with Crippen molar-refractivity contribution in [3.8, 4) is 0 Å². The lowest BCUT2D eigenvalue weighted by Gasteiger charge is -2.40. The van der Waals surface area contributed by atoms with Crippen LogP contribution in [-0.2, 0) is 42.9 Å². The van der Waals surface area contributed by atoms with Crippen LogP contribution in [0.3, 0.4) is 0 Å². The van der Waals surface area contributed by atoms with Crippen molar-refractivity contribution in [3.63, 3.8) is 0 Å². The van der Waals surface area contributed by atoms with Gasteiger partial charge in [0.05, 0.1) is 6.61 Å². The average Bonchev–Trinajstić information content (AvgIpc) is 3.42. The zero-order valence-electron chi connectivity index (χ0n) is 47.7. The number of rotatable bonds is 48. The Morgan fingerprint density at radius 3 is 1.30 bits per heavy atom. The maximum atomic E-state index is 13.1. The summed E-state index contributed by atoms with van der Waals surface area (Å²) in [6.45, 7) is 5.64. The van der Waals surface area contributed by atoms with Crippen LogP contribution < -0.4 is 0 Å². The Kier molecular flexibility index (Phi) is 47.2. The van der Waals surface area contributed by atoms with Crippen molar-refractivity contribution < 1.29 is 58.2 Å². The molecular formula is C65H102O12. The van der Waals surface area contributed by atoms with E-state index in [1.54, 1.807) is 0 Å². The van der Waals surface area contributed by atoms with Gasteiger partial charge in [-0.05, 0) is 116 Å². The molecule has 12 nitrogen and oxygen atoms in total. The van der Waals surface area contributed by atoms with E-state index in [9.17, 15) is 34.5 Å². The molecule has 3 N–H and O–H groups in total. The van der Waals surface area contributed by atoms with Crippen molar-refractivity contribution >= 4 is 23.9 Å². The lowest BCUT2D eigenvalue weighted by molar-refractivity contribution is -0.301. The van der Waals surface area contributed by atoms with Gasteiger partial charge in [0.2, 0.25) is 0 Å². The molecular weight excluding hydrogens is 973 g/mol. The average molecular weight is 1080 g/mol. The molecule has 0 aromatic carbocycles. The number of aliphatic hydroxyl groups excluding tert-OH is 2. The van der Waals surface area contributed by atoms with E-state index in [0.29, 0.717) is 25.7 Å². The third-order valence-electron chi connectivity index (χ3n) is 12.5. The maximum absolute atomic E-state index is 13.1. The van der Waals surface area contributed by atoms with E-state index in [4.69, 9.17) is 23.7 Å². The third-order valence-corrected chi connectivity index (χ3v) is 12.5. The molecule has 12 heteroatoms. The predicted molar refractivity (Wildman–Crippen MR) is 312 cm³/mol. The Morgan fingerprint density at radius 2 is 0.844 bits per heavy atom. The zero-order valence-corrected chi connectivity index (χ0v) is 47.7. The molecule has 0 spiro atoms. The number of hydrogen-bond donors (Lipinski definition) is 3. The number of hydrogen-bond acceptors (Lipinski definition) is 11. The van der Waals surface area contributed by atoms with Crippen LogP contribution in [0, 0.1) is 0 Å². The topological polar surface area (TPSA) is 175 Å². The Morgan fingerprint density at radius 1 is 0.442 bits per heavy atom. The number of esters is 3. The Balaban J connectivity index is 2.73. The summed E-state index contributed by atoms with van der Waals surface area (Å²) in [4.78, 5) is 51.1. The standard InChI is InChI=1S/C65H102O12/c1-4-7-10-13-16-19-22-25-27-28-29-30-32-35-38-41-44-47-50-53-59(68)76-63-61(70)60(69)62(64(71)72)77-65(63)74-55-56(75-58(67)52-49-46-43-40-37-33-24-21-18-15-12-9-6-3)54-73-57(66)51-48-45-42-39-36-34-31-26-23-20-17-14-11-8-5-2/h8-9,11-12,16-21,25-27,29-31,33,37,43,46,56,60-63,65,69-70H,4-7,10,13-15,22-24,28,32,34-36,38-42,44-45,47-55H2,1-3H3,(H,71,72)/b11-8-,12-9-,19-16-,20-17-,21-18-,27-25-,30-29-,31-26-,37-33-,46-43-. The minimum absolute atomic E-state index is 0.0297. The van der Waals surface area contributed by atoms with Crippen molar-refractivity contribution in [2.24, 2.45) is 0 Å². The van der Waals surface area contributed by atoms with Crippen molar-refractivity contribution in [1.29, 1.82) is 0 Å². The molecule has 0 aromatic rings. The van der Waals surface area contributed by atoms with Crippen LogP contribution in [-0.4, -0.2) is 89.2 Å². The van der Waals surface area contributed by atoms with Crippen LogP contribution in [0.4, 0.5) is 0 Å². The van der Waals surface area contributed by atoms with Gasteiger partial charge >= 0.3 is 23.9 Å². The summed E-state index contributed by atoms with van der Waals surface area (Å²) >= 11 is 0. The van der Waals surface area contributed by atoms with Crippen molar-refractivity contribution in [2.75, 3.05) is 13.2 Å². The number of unbranched alkanes of at least 4 members (excludes halogenated alkanes) is 14. The quantitative estimate of drug-likeness (QED) is 0.0228. The summed E-state index contributed by atoms with van der Waals surface area (Å²) in [5.74, 6) is -3.29.